The molecular formula is C109H200N10O28S2. The number of non-ortho nitro benzene ring substituents is 1. The maximum atomic E-state index is 11.2. The van der Waals surface area contributed by atoms with Gasteiger partial charge in [0.1, 0.15) is 30.5 Å². The minimum absolute atomic E-state index is 0.0417. The van der Waals surface area contributed by atoms with Gasteiger partial charge in [0, 0.05) is 123 Å². The van der Waals surface area contributed by atoms with Crippen LogP contribution in [-0.2, 0) is 91.7 Å². The Balaban J connectivity index is -0.000000753. The largest absolute Gasteiger partial charge is 0.465 e. The molecule has 11 unspecified atom stereocenters. The van der Waals surface area contributed by atoms with E-state index in [0.717, 1.165) is 198 Å². The highest BCUT2D eigenvalue weighted by Gasteiger charge is 2.44. The number of pyridine rings is 1. The van der Waals surface area contributed by atoms with E-state index < -0.39 is 81.5 Å². The summed E-state index contributed by atoms with van der Waals surface area (Å²) in [5.74, 6) is 1.70. The van der Waals surface area contributed by atoms with Crippen molar-refractivity contribution in [2.45, 2.75) is 422 Å². The fraction of sp³-hybridized carbons (Fsp3) is 0.743. The Kier molecular flexibility index (Phi) is 89.3. The zero-order chi connectivity index (χ0) is 114. The van der Waals surface area contributed by atoms with Gasteiger partial charge in [-0.15, -0.1) is 0 Å². The quantitative estimate of drug-likeness (QED) is 0.0158. The topological polar surface area (TPSA) is 603 Å². The number of amides is 3. The minimum atomic E-state index is -3.17. The zero-order valence-electron chi connectivity index (χ0n) is 94.1. The number of aryl methyl sites for hydroxylation is 4. The lowest BCUT2D eigenvalue weighted by Gasteiger charge is -2.20. The number of nitro groups is 1. The summed E-state index contributed by atoms with van der Waals surface area (Å²) in [5.41, 5.74) is 10.1. The summed E-state index contributed by atoms with van der Waals surface area (Å²) in [4.78, 5) is 67.8. The molecule has 7 aliphatic heterocycles. The van der Waals surface area contributed by atoms with Crippen molar-refractivity contribution >= 4 is 55.4 Å². The predicted octanol–water partition coefficient (Wildman–Crippen LogP) is 11.0. The number of nitrogens with one attached hydrogen (secondary N) is 5. The maximum absolute atomic E-state index is 11.2. The number of methoxy groups -OCH3 is 2. The van der Waals surface area contributed by atoms with Gasteiger partial charge in [-0.2, -0.15) is 0 Å². The number of nitrogens with two attached hydrogens (primary N) is 2. The average Bonchev–Trinajstić information content (AvgIpc) is 1.70. The fourth-order valence-electron chi connectivity index (χ4n) is 15.5. The van der Waals surface area contributed by atoms with Gasteiger partial charge in [-0.05, 0) is 182 Å². The van der Waals surface area contributed by atoms with E-state index in [1.807, 2.05) is 91.9 Å². The minimum Gasteiger partial charge on any atom is -0.465 e. The molecule has 9 fully saturated rings. The second-order valence-corrected chi connectivity index (χ2v) is 41.6. The molecule has 2 saturated carbocycles. The van der Waals surface area contributed by atoms with Crippen molar-refractivity contribution in [3.8, 4) is 0 Å². The van der Waals surface area contributed by atoms with E-state index in [4.69, 9.17) is 65.2 Å². The number of aliphatic hydroxyl groups is 11. The molecule has 9 aliphatic rings. The van der Waals surface area contributed by atoms with Gasteiger partial charge in [0.15, 0.2) is 12.6 Å². The summed E-state index contributed by atoms with van der Waals surface area (Å²) in [6, 6.07) is 33.1. The third-order valence-corrected chi connectivity index (χ3v) is 26.2. The number of likely N-dealkylation sites (tertiary alicyclic amines) is 1. The van der Waals surface area contributed by atoms with E-state index in [2.05, 4.69) is 139 Å². The summed E-state index contributed by atoms with van der Waals surface area (Å²) in [6.45, 7) is 44.5. The number of esters is 2. The summed E-state index contributed by atoms with van der Waals surface area (Å²) in [7, 11) is -3.20. The molecule has 38 nitrogen and oxygen atoms in total. The molecule has 20 N–H and O–H groups in total. The highest BCUT2D eigenvalue weighted by molar-refractivity contribution is 7.89. The van der Waals surface area contributed by atoms with E-state index in [-0.39, 0.29) is 88.5 Å². The molecule has 40 heteroatoms. The van der Waals surface area contributed by atoms with Crippen LogP contribution in [0.3, 0.4) is 0 Å². The smallest absolute Gasteiger partial charge is 0.308 e. The lowest BCUT2D eigenvalue weighted by Crippen LogP contribution is -2.33. The molecule has 866 valence electrons. The van der Waals surface area contributed by atoms with Gasteiger partial charge in [-0.25, -0.2) is 26.7 Å². The van der Waals surface area contributed by atoms with Gasteiger partial charge in [-0.3, -0.25) is 39.1 Å². The predicted molar refractivity (Wildman–Crippen MR) is 587 cm³/mol. The van der Waals surface area contributed by atoms with Crippen molar-refractivity contribution in [2.24, 2.45) is 34.5 Å². The van der Waals surface area contributed by atoms with Gasteiger partial charge in [0.25, 0.3) is 5.69 Å². The number of carbonyl (C=O) groups is 5. The SMILES string of the molecule is CC1CCOC1=O.CC1CNC(CO)C1.CCC1C[C@@H](O)[C@@H](O)C1.CCC1C[C@@H](O)[C@@H](O)C1.CCC1C[C@@H](OC(C)=O)CN1C(C)=O.CCC1C[C@H](O)CN1.CCCC(N)=O.CCCC1OC(OC)[C@@H](O)[C@H]1O.CCCC1OC(OC)[C@H](O)[C@@H]1O.CCCNC(C)=O.CCCNS(C)(=O)=O.CCCS(N)(=O)=O.CC[C@@H]1C[C@@H](O)CN1.CCc1ccc([N+](=O)[O-])cc1.CCc1ccccc1.CCc1cccnc1.Cc1ccccc1. The number of carbonyl (C=O) groups excluding carboxylic acids is 5. The van der Waals surface area contributed by atoms with Crippen molar-refractivity contribution in [1.82, 2.24) is 35.9 Å². The molecule has 23 atom stereocenters. The number of nitrogens with zero attached hydrogens (tertiary/aromatic N) is 3. The number of ether oxygens (including phenoxy) is 6. The van der Waals surface area contributed by atoms with Crippen LogP contribution in [0.1, 0.15) is 301 Å². The van der Waals surface area contributed by atoms with Crippen LogP contribution in [0.5, 0.6) is 0 Å². The number of nitro benzene ring substituents is 1. The molecule has 3 aromatic carbocycles. The van der Waals surface area contributed by atoms with Crippen LogP contribution >= 0.6 is 0 Å². The maximum Gasteiger partial charge on any atom is 0.308 e. The van der Waals surface area contributed by atoms with E-state index >= 15 is 0 Å². The van der Waals surface area contributed by atoms with Crippen molar-refractivity contribution in [3.05, 3.63) is 142 Å². The van der Waals surface area contributed by atoms with E-state index in [0.29, 0.717) is 69.1 Å². The van der Waals surface area contributed by atoms with Crippen LogP contribution in [0.4, 0.5) is 5.69 Å². The molecular weight excluding hydrogens is 1960 g/mol. The summed E-state index contributed by atoms with van der Waals surface area (Å²) in [5, 5.41) is 127. The summed E-state index contributed by atoms with van der Waals surface area (Å²) in [6.07, 6.45) is 20.9. The lowest BCUT2D eigenvalue weighted by atomic mass is 10.1. The molecule has 7 saturated heterocycles. The fourth-order valence-corrected chi connectivity index (χ4v) is 16.6. The van der Waals surface area contributed by atoms with Crippen LogP contribution in [0.2, 0.25) is 0 Å². The number of benzene rings is 3. The highest BCUT2D eigenvalue weighted by atomic mass is 32.2. The number of hydrogen-bond acceptors (Lipinski definition) is 32. The van der Waals surface area contributed by atoms with E-state index in [1.54, 1.807) is 37.1 Å². The normalized spacial score (nSPS) is 26.1. The Bertz CT molecular complexity index is 4020. The summed E-state index contributed by atoms with van der Waals surface area (Å²) < 4.78 is 72.8. The Morgan fingerprint density at radius 3 is 1.19 bits per heavy atom. The standard InChI is InChI=1S/C10H17NO3.C8H9NO2.2C8H16O4.C8H10.C7H9N.2C7H14O2.C7H8.3C6H13NO.C5H11NO.C5H8O2.C4H11NO2S.C4H9NO.C3H9NO2S/c1-4-9-5-10(14-8(3)13)6-11(9)7(2)12;1-2-7-3-5-8(6-4-7)9(10)11;2*1-3-4-5-6(9)7(10)8(11-2)12-5;1-2-8-6-4-3-5-7-8;1-2-7-4-3-5-8-6-7;2*1-2-5-3-6(8)7(9)4-5;1-7-5-3-2-4-6-7;1-5-2-6(4-8)7-3-5;2*1-2-5-3-6(8)4-7-5;1-3-4-6-5(2)7;1-4-2-3-7-5(4)6;1-3-4-5-8(2,6)7;1-2-3-4(5)6;1-2-3-7(4,5)6/h9-10H,4-6H2,1-3H3;3-6H,2H2,1H3;2*5-10H,3-4H2,1-2H3;3-7H,2H2,1H3;3-6H,2H2,1H3;2*5-9H,2-4H2,1H3;2-6H,1H3;3*5-8H,2-4H2,1H3;3-4H2,1-2H3,(H,6,7);4H,2-3H2,1H3;5H,3-4H2,1-2H3;2-3H2,1H3,(H2,5,6);2-3H2,1H3,(H2,4,5,6)/t9?,10-;;2*5?,6-,7-,8?;;;2*5?,6-,7+;;;5?,6-;5-,6-;;;;;/m1.10......01...../s1. The number of primary sulfonamides is 1. The van der Waals surface area contributed by atoms with Crippen LogP contribution < -0.4 is 36.9 Å². The number of β-amino-alcohol motifs (C(OH)–C–C–N with tert-alkyl or cyclic N) is 2. The molecule has 4 aromatic rings. The Labute approximate surface area is 893 Å². The van der Waals surface area contributed by atoms with Crippen LogP contribution in [0.15, 0.2) is 109 Å². The monoisotopic (exact) mass is 2160 g/mol. The Hall–Kier alpha value is -7.34. The molecule has 0 spiro atoms. The number of hydrogen-bond donors (Lipinski definition) is 18. The number of aromatic nitrogens is 1. The second-order valence-electron chi connectivity index (χ2n) is 38.1. The Morgan fingerprint density at radius 2 is 0.993 bits per heavy atom. The number of aliphatic hydroxyl groups excluding tert-OH is 11. The first-order valence-electron chi connectivity index (χ1n) is 53.6. The molecule has 8 heterocycles. The van der Waals surface area contributed by atoms with E-state index in [9.17, 15) is 71.3 Å². The molecule has 2 aliphatic carbocycles. The van der Waals surface area contributed by atoms with Gasteiger partial charge in [0.05, 0.1) is 91.4 Å². The van der Waals surface area contributed by atoms with Crippen LogP contribution in [0.25, 0.3) is 0 Å². The van der Waals surface area contributed by atoms with Gasteiger partial charge in [-0.1, -0.05) is 221 Å². The van der Waals surface area contributed by atoms with Gasteiger partial charge < -0.3 is 116 Å². The summed E-state index contributed by atoms with van der Waals surface area (Å²) >= 11 is 0. The number of sulfonamides is 2. The second kappa shape index (κ2) is 89.9. The van der Waals surface area contributed by atoms with Crippen LogP contribution in [0, 0.1) is 40.7 Å². The van der Waals surface area contributed by atoms with Crippen molar-refractivity contribution < 1.29 is 130 Å². The molecule has 149 heavy (non-hydrogen) atoms. The average molecular weight is 2160 g/mol. The van der Waals surface area contributed by atoms with Crippen molar-refractivity contribution in [3.63, 3.8) is 0 Å². The molecule has 0 radical (unpaired) electrons. The molecule has 1 aromatic heterocycles. The number of primary amides is 1. The number of cyclic esters (lactones) is 1. The number of rotatable bonds is 26. The first-order chi connectivity index (χ1) is 70.4. The van der Waals surface area contributed by atoms with Gasteiger partial charge in [0.2, 0.25) is 37.8 Å². The van der Waals surface area contributed by atoms with E-state index in [1.165, 1.54) is 56.9 Å². The molecule has 3 amide bonds. The highest BCUT2D eigenvalue weighted by Crippen LogP contribution is 2.31. The molecule has 13 rings (SSSR count). The van der Waals surface area contributed by atoms with Gasteiger partial charge >= 0.3 is 11.9 Å². The third-order valence-electron chi connectivity index (χ3n) is 24.5. The van der Waals surface area contributed by atoms with Crippen molar-refractivity contribution in [1.29, 1.82) is 0 Å². The Morgan fingerprint density at radius 1 is 0.550 bits per heavy atom. The lowest BCUT2D eigenvalue weighted by molar-refractivity contribution is -0.384. The van der Waals surface area contributed by atoms with Crippen molar-refractivity contribution in [2.75, 3.05) is 78.7 Å². The first-order valence-corrected chi connectivity index (χ1v) is 57.2. The third kappa shape index (κ3) is 76.8. The zero-order valence-corrected chi connectivity index (χ0v) is 95.7. The first kappa shape index (κ1) is 148. The molecule has 0 bridgehead atoms. The van der Waals surface area contributed by atoms with Crippen LogP contribution in [-0.4, -0.2) is 312 Å².